The lowest BCUT2D eigenvalue weighted by Gasteiger charge is -2.42. The van der Waals surface area contributed by atoms with Crippen molar-refractivity contribution in [3.05, 3.63) is 23.3 Å². The lowest BCUT2D eigenvalue weighted by molar-refractivity contribution is -0.236. The second kappa shape index (κ2) is 4.31. The van der Waals surface area contributed by atoms with E-state index in [4.69, 9.17) is 0 Å². The molecule has 2 N–H and O–H groups in total. The van der Waals surface area contributed by atoms with Gasteiger partial charge >= 0.3 is 6.18 Å². The Labute approximate surface area is 108 Å². The highest BCUT2D eigenvalue weighted by Crippen LogP contribution is 2.48. The predicted octanol–water partition coefficient (Wildman–Crippen LogP) is 2.52. The van der Waals surface area contributed by atoms with E-state index in [2.05, 4.69) is 0 Å². The van der Waals surface area contributed by atoms with Crippen molar-refractivity contribution < 1.29 is 27.8 Å². The van der Waals surface area contributed by atoms with Gasteiger partial charge in [0.1, 0.15) is 6.10 Å². The molecule has 2 aliphatic rings. The van der Waals surface area contributed by atoms with Gasteiger partial charge in [0.2, 0.25) is 0 Å². The third kappa shape index (κ3) is 2.01. The molecular weight excluding hydrogens is 264 g/mol. The third-order valence-electron chi connectivity index (χ3n) is 4.34. The number of aliphatic hydroxyl groups excluding tert-OH is 2. The molecule has 0 bridgehead atoms. The molecule has 0 aromatic heterocycles. The third-order valence-corrected chi connectivity index (χ3v) is 4.34. The Balaban J connectivity index is 2.46. The Morgan fingerprint density at radius 2 is 1.84 bits per heavy atom. The standard InChI is InChI=1S/C13H16F4O2/c1-6-7(2)10-8(5-9(6)18)3-4-12(14,11(10)19)13(15,16)17/h3-4,6-7,9,11,18-19H,5H2,1-2H3. The highest BCUT2D eigenvalue weighted by molar-refractivity contribution is 5.42. The van der Waals surface area contributed by atoms with E-state index < -0.39 is 30.0 Å². The van der Waals surface area contributed by atoms with Gasteiger partial charge in [-0.3, -0.25) is 0 Å². The molecular formula is C13H16F4O2. The van der Waals surface area contributed by atoms with Crippen molar-refractivity contribution >= 4 is 0 Å². The highest BCUT2D eigenvalue weighted by Gasteiger charge is 2.62. The molecule has 0 radical (unpaired) electrons. The van der Waals surface area contributed by atoms with Gasteiger partial charge in [-0.15, -0.1) is 0 Å². The lowest BCUT2D eigenvalue weighted by atomic mass is 9.68. The quantitative estimate of drug-likeness (QED) is 0.669. The van der Waals surface area contributed by atoms with Gasteiger partial charge < -0.3 is 10.2 Å². The maximum absolute atomic E-state index is 14.1. The van der Waals surface area contributed by atoms with Crippen molar-refractivity contribution in [1.29, 1.82) is 0 Å². The molecule has 2 nitrogen and oxygen atoms in total. The second-order valence-corrected chi connectivity index (χ2v) is 5.40. The van der Waals surface area contributed by atoms with Gasteiger partial charge in [-0.1, -0.05) is 19.9 Å². The molecule has 0 fully saturated rings. The highest BCUT2D eigenvalue weighted by atomic mass is 19.4. The molecule has 0 aliphatic heterocycles. The van der Waals surface area contributed by atoms with Crippen molar-refractivity contribution in [1.82, 2.24) is 0 Å². The second-order valence-electron chi connectivity index (χ2n) is 5.40. The Kier molecular flexibility index (Phi) is 3.30. The molecule has 0 amide bonds. The summed E-state index contributed by atoms with van der Waals surface area (Å²) in [7, 11) is 0. The number of hydrogen-bond donors (Lipinski definition) is 2. The van der Waals surface area contributed by atoms with Crippen LogP contribution in [0.25, 0.3) is 0 Å². The Morgan fingerprint density at radius 1 is 1.26 bits per heavy atom. The van der Waals surface area contributed by atoms with E-state index in [-0.39, 0.29) is 17.9 Å². The summed E-state index contributed by atoms with van der Waals surface area (Å²) in [6.45, 7) is 3.28. The average molecular weight is 280 g/mol. The molecule has 5 unspecified atom stereocenters. The molecule has 0 aromatic rings. The van der Waals surface area contributed by atoms with Crippen LogP contribution in [0.15, 0.2) is 23.3 Å². The zero-order chi connectivity index (χ0) is 14.6. The molecule has 5 atom stereocenters. The van der Waals surface area contributed by atoms with Gasteiger partial charge in [0.15, 0.2) is 0 Å². The van der Waals surface area contributed by atoms with Crippen LogP contribution in [-0.4, -0.2) is 34.3 Å². The van der Waals surface area contributed by atoms with E-state index in [1.807, 2.05) is 0 Å². The van der Waals surface area contributed by atoms with Crippen LogP contribution in [0.1, 0.15) is 20.3 Å². The summed E-state index contributed by atoms with van der Waals surface area (Å²) in [6, 6.07) is 0. The van der Waals surface area contributed by atoms with Gasteiger partial charge in [-0.2, -0.15) is 13.2 Å². The molecule has 0 aromatic carbocycles. The van der Waals surface area contributed by atoms with Crippen LogP contribution in [0, 0.1) is 11.8 Å². The molecule has 0 spiro atoms. The largest absolute Gasteiger partial charge is 0.429 e. The molecule has 0 saturated heterocycles. The minimum atomic E-state index is -5.17. The minimum absolute atomic E-state index is 0.0557. The molecule has 2 aliphatic carbocycles. The summed E-state index contributed by atoms with van der Waals surface area (Å²) in [5.74, 6) is -0.825. The zero-order valence-corrected chi connectivity index (χ0v) is 10.6. The predicted molar refractivity (Wildman–Crippen MR) is 61.0 cm³/mol. The van der Waals surface area contributed by atoms with E-state index in [0.29, 0.717) is 11.6 Å². The van der Waals surface area contributed by atoms with E-state index in [1.165, 1.54) is 0 Å². The lowest BCUT2D eigenvalue weighted by Crippen LogP contribution is -2.54. The van der Waals surface area contributed by atoms with E-state index in [0.717, 1.165) is 6.08 Å². The molecule has 108 valence electrons. The maximum atomic E-state index is 14.1. The van der Waals surface area contributed by atoms with Gasteiger partial charge in [0, 0.05) is 0 Å². The fraction of sp³-hybridized carbons (Fsp3) is 0.692. The van der Waals surface area contributed by atoms with Crippen LogP contribution in [0.4, 0.5) is 17.6 Å². The average Bonchev–Trinajstić information content (AvgIpc) is 2.29. The fourth-order valence-corrected chi connectivity index (χ4v) is 2.82. The summed E-state index contributed by atoms with van der Waals surface area (Å²) in [5, 5.41) is 19.6. The summed E-state index contributed by atoms with van der Waals surface area (Å²) >= 11 is 0. The van der Waals surface area contributed by atoms with Crippen molar-refractivity contribution in [2.75, 3.05) is 0 Å². The SMILES string of the molecule is CC1C2=C(C=CC(F)(C(F)(F)F)C2O)CC(O)C1C. The first-order valence-corrected chi connectivity index (χ1v) is 6.13. The number of aliphatic hydroxyl groups is 2. The number of rotatable bonds is 0. The zero-order valence-electron chi connectivity index (χ0n) is 10.6. The normalized spacial score (nSPS) is 43.4. The molecule has 0 heterocycles. The topological polar surface area (TPSA) is 40.5 Å². The minimum Gasteiger partial charge on any atom is -0.392 e. The smallest absolute Gasteiger partial charge is 0.392 e. The summed E-state index contributed by atoms with van der Waals surface area (Å²) in [5.41, 5.74) is -3.29. The maximum Gasteiger partial charge on any atom is 0.429 e. The van der Waals surface area contributed by atoms with E-state index in [1.54, 1.807) is 13.8 Å². The fourth-order valence-electron chi connectivity index (χ4n) is 2.82. The summed E-state index contributed by atoms with van der Waals surface area (Å²) in [4.78, 5) is 0. The van der Waals surface area contributed by atoms with Crippen molar-refractivity contribution in [2.24, 2.45) is 11.8 Å². The van der Waals surface area contributed by atoms with Gasteiger partial charge in [0.25, 0.3) is 5.67 Å². The molecule has 2 rings (SSSR count). The van der Waals surface area contributed by atoms with Crippen LogP contribution in [0.3, 0.4) is 0 Å². The van der Waals surface area contributed by atoms with Crippen LogP contribution in [-0.2, 0) is 0 Å². The van der Waals surface area contributed by atoms with Gasteiger partial charge in [0.05, 0.1) is 6.10 Å². The van der Waals surface area contributed by atoms with Gasteiger partial charge in [-0.05, 0) is 35.5 Å². The molecule has 6 heteroatoms. The molecule has 0 saturated carbocycles. The van der Waals surface area contributed by atoms with E-state index in [9.17, 15) is 27.8 Å². The van der Waals surface area contributed by atoms with Crippen LogP contribution >= 0.6 is 0 Å². The van der Waals surface area contributed by atoms with E-state index >= 15 is 0 Å². The van der Waals surface area contributed by atoms with Crippen molar-refractivity contribution in [2.45, 2.75) is 44.3 Å². The van der Waals surface area contributed by atoms with Crippen LogP contribution in [0.2, 0.25) is 0 Å². The number of hydrogen-bond acceptors (Lipinski definition) is 2. The Bertz CT molecular complexity index is 440. The Hall–Kier alpha value is -0.880. The van der Waals surface area contributed by atoms with Crippen molar-refractivity contribution in [3.8, 4) is 0 Å². The van der Waals surface area contributed by atoms with Gasteiger partial charge in [-0.25, -0.2) is 4.39 Å². The summed E-state index contributed by atoms with van der Waals surface area (Å²) in [6.07, 6.45) is -6.56. The Morgan fingerprint density at radius 3 is 2.37 bits per heavy atom. The number of allylic oxidation sites excluding steroid dienone is 1. The summed E-state index contributed by atoms with van der Waals surface area (Å²) < 4.78 is 52.4. The number of alkyl halides is 4. The monoisotopic (exact) mass is 280 g/mol. The van der Waals surface area contributed by atoms with Crippen LogP contribution < -0.4 is 0 Å². The molecule has 19 heavy (non-hydrogen) atoms. The van der Waals surface area contributed by atoms with Crippen LogP contribution in [0.5, 0.6) is 0 Å². The first-order valence-electron chi connectivity index (χ1n) is 6.13. The number of halogens is 4. The van der Waals surface area contributed by atoms with Crippen molar-refractivity contribution in [3.63, 3.8) is 0 Å². The first-order chi connectivity index (χ1) is 8.59. The first kappa shape index (κ1) is 14.5.